The predicted molar refractivity (Wildman–Crippen MR) is 100 cm³/mol. The van der Waals surface area contributed by atoms with Gasteiger partial charge in [-0.05, 0) is 19.3 Å². The van der Waals surface area contributed by atoms with Crippen molar-refractivity contribution in [3.63, 3.8) is 0 Å². The zero-order valence-electron chi connectivity index (χ0n) is 15.9. The largest absolute Gasteiger partial charge is 0.481 e. The molecule has 0 aromatic carbocycles. The molecule has 0 saturated heterocycles. The summed E-state index contributed by atoms with van der Waals surface area (Å²) >= 11 is 0. The second kappa shape index (κ2) is 11.5. The standard InChI is InChI=1S/C21H36O3/c1-4-6-7-8-9-10-11-15-21(20(22)23)16-12-13-18(5-2)19(21)14-17-24-3/h12-13,16,19H,4-11,14-15,17H2,1-3H3,(H,22,23). The van der Waals surface area contributed by atoms with Gasteiger partial charge in [-0.25, -0.2) is 0 Å². The molecule has 1 aliphatic rings. The Morgan fingerprint density at radius 3 is 2.42 bits per heavy atom. The Hall–Kier alpha value is -1.09. The summed E-state index contributed by atoms with van der Waals surface area (Å²) < 4.78 is 5.25. The van der Waals surface area contributed by atoms with E-state index in [1.807, 2.05) is 12.2 Å². The number of carboxylic acids is 1. The van der Waals surface area contributed by atoms with Crippen molar-refractivity contribution < 1.29 is 14.6 Å². The van der Waals surface area contributed by atoms with Crippen molar-refractivity contribution in [2.75, 3.05) is 13.7 Å². The van der Waals surface area contributed by atoms with E-state index in [0.717, 1.165) is 32.1 Å². The second-order valence-electron chi connectivity index (χ2n) is 7.01. The lowest BCUT2D eigenvalue weighted by molar-refractivity contribution is -0.149. The summed E-state index contributed by atoms with van der Waals surface area (Å²) in [4.78, 5) is 12.2. The molecule has 2 atom stereocenters. The molecule has 2 unspecified atom stereocenters. The topological polar surface area (TPSA) is 46.5 Å². The Labute approximate surface area is 148 Å². The number of carboxylic acid groups (broad SMARTS) is 1. The monoisotopic (exact) mass is 336 g/mol. The summed E-state index contributed by atoms with van der Waals surface area (Å²) in [5, 5.41) is 10.0. The van der Waals surface area contributed by atoms with Gasteiger partial charge in [0.15, 0.2) is 0 Å². The summed E-state index contributed by atoms with van der Waals surface area (Å²) in [7, 11) is 1.69. The molecular weight excluding hydrogens is 300 g/mol. The van der Waals surface area contributed by atoms with Crippen molar-refractivity contribution in [1.82, 2.24) is 0 Å². The van der Waals surface area contributed by atoms with Crippen molar-refractivity contribution in [2.24, 2.45) is 11.3 Å². The minimum absolute atomic E-state index is 0.0602. The minimum Gasteiger partial charge on any atom is -0.481 e. The highest BCUT2D eigenvalue weighted by atomic mass is 16.5. The summed E-state index contributed by atoms with van der Waals surface area (Å²) in [6.07, 6.45) is 16.9. The fourth-order valence-corrected chi connectivity index (χ4v) is 3.91. The Bertz CT molecular complexity index is 425. The molecule has 24 heavy (non-hydrogen) atoms. The molecule has 0 amide bonds. The van der Waals surface area contributed by atoms with Crippen LogP contribution in [0.5, 0.6) is 0 Å². The van der Waals surface area contributed by atoms with Gasteiger partial charge in [0.05, 0.1) is 5.41 Å². The maximum Gasteiger partial charge on any atom is 0.314 e. The lowest BCUT2D eigenvalue weighted by Crippen LogP contribution is -2.40. The maximum atomic E-state index is 12.2. The van der Waals surface area contributed by atoms with Gasteiger partial charge >= 0.3 is 5.97 Å². The first kappa shape index (κ1) is 21.0. The molecule has 138 valence electrons. The zero-order chi connectivity index (χ0) is 17.8. The van der Waals surface area contributed by atoms with Crippen molar-refractivity contribution in [1.29, 1.82) is 0 Å². The Balaban J connectivity index is 2.68. The van der Waals surface area contributed by atoms with E-state index in [0.29, 0.717) is 6.61 Å². The Morgan fingerprint density at radius 2 is 1.83 bits per heavy atom. The van der Waals surface area contributed by atoms with Crippen molar-refractivity contribution in [2.45, 2.75) is 78.1 Å². The third-order valence-corrected chi connectivity index (χ3v) is 5.38. The molecule has 0 aromatic heterocycles. The van der Waals surface area contributed by atoms with E-state index >= 15 is 0 Å². The van der Waals surface area contributed by atoms with Crippen LogP contribution in [0.1, 0.15) is 78.1 Å². The lowest BCUT2D eigenvalue weighted by atomic mass is 9.64. The summed E-state index contributed by atoms with van der Waals surface area (Å²) in [5.41, 5.74) is 0.502. The fourth-order valence-electron chi connectivity index (χ4n) is 3.91. The average Bonchev–Trinajstić information content (AvgIpc) is 2.59. The van der Waals surface area contributed by atoms with Crippen LogP contribution in [0.2, 0.25) is 0 Å². The quantitative estimate of drug-likeness (QED) is 0.435. The minimum atomic E-state index is -0.748. The molecule has 0 aromatic rings. The lowest BCUT2D eigenvalue weighted by Gasteiger charge is -2.38. The highest BCUT2D eigenvalue weighted by Gasteiger charge is 2.45. The molecular formula is C21H36O3. The molecule has 0 aliphatic heterocycles. The van der Waals surface area contributed by atoms with Gasteiger partial charge in [0.1, 0.15) is 0 Å². The number of hydrogen-bond donors (Lipinski definition) is 1. The van der Waals surface area contributed by atoms with Crippen LogP contribution in [-0.4, -0.2) is 24.8 Å². The van der Waals surface area contributed by atoms with Crippen LogP contribution < -0.4 is 0 Å². The molecule has 0 heterocycles. The maximum absolute atomic E-state index is 12.2. The number of unbranched alkanes of at least 4 members (excludes halogenated alkanes) is 6. The number of aliphatic carboxylic acids is 1. The van der Waals surface area contributed by atoms with Crippen LogP contribution >= 0.6 is 0 Å². The van der Waals surface area contributed by atoms with Crippen LogP contribution in [0, 0.1) is 11.3 Å². The molecule has 0 fully saturated rings. The van der Waals surface area contributed by atoms with Crippen molar-refractivity contribution >= 4 is 5.97 Å². The van der Waals surface area contributed by atoms with E-state index in [-0.39, 0.29) is 5.92 Å². The van der Waals surface area contributed by atoms with E-state index in [1.165, 1.54) is 37.7 Å². The van der Waals surface area contributed by atoms with Gasteiger partial charge in [-0.1, -0.05) is 82.6 Å². The van der Waals surface area contributed by atoms with E-state index in [9.17, 15) is 9.90 Å². The molecule has 3 nitrogen and oxygen atoms in total. The number of allylic oxidation sites excluding steroid dienone is 3. The zero-order valence-corrected chi connectivity index (χ0v) is 15.9. The molecule has 0 spiro atoms. The van der Waals surface area contributed by atoms with Gasteiger partial charge in [0.25, 0.3) is 0 Å². The number of ether oxygens (including phenoxy) is 1. The molecule has 0 bridgehead atoms. The number of rotatable bonds is 13. The van der Waals surface area contributed by atoms with E-state index in [1.54, 1.807) is 7.11 Å². The first-order valence-corrected chi connectivity index (χ1v) is 9.73. The van der Waals surface area contributed by atoms with Crippen molar-refractivity contribution in [3.8, 4) is 0 Å². The SMILES string of the molecule is CCCCCCCCCC1(C(=O)O)C=CC=C(CC)C1CCOC. The molecule has 0 saturated carbocycles. The predicted octanol–water partition coefficient (Wildman–Crippen LogP) is 5.76. The van der Waals surface area contributed by atoms with E-state index in [2.05, 4.69) is 19.9 Å². The summed E-state index contributed by atoms with van der Waals surface area (Å²) in [6, 6.07) is 0. The van der Waals surface area contributed by atoms with E-state index < -0.39 is 11.4 Å². The highest BCUT2D eigenvalue weighted by molar-refractivity contribution is 5.79. The van der Waals surface area contributed by atoms with Crippen LogP contribution in [0.15, 0.2) is 23.8 Å². The number of carbonyl (C=O) groups is 1. The molecule has 1 N–H and O–H groups in total. The van der Waals surface area contributed by atoms with Crippen LogP contribution in [0.4, 0.5) is 0 Å². The third-order valence-electron chi connectivity index (χ3n) is 5.38. The molecule has 1 aliphatic carbocycles. The Kier molecular flexibility index (Phi) is 10.0. The van der Waals surface area contributed by atoms with Gasteiger partial charge in [0, 0.05) is 19.6 Å². The van der Waals surface area contributed by atoms with Gasteiger partial charge in [0.2, 0.25) is 0 Å². The fraction of sp³-hybridized carbons (Fsp3) is 0.762. The van der Waals surface area contributed by atoms with Gasteiger partial charge in [-0.15, -0.1) is 0 Å². The van der Waals surface area contributed by atoms with E-state index in [4.69, 9.17) is 4.74 Å². The smallest absolute Gasteiger partial charge is 0.314 e. The van der Waals surface area contributed by atoms with Gasteiger partial charge in [-0.2, -0.15) is 0 Å². The number of methoxy groups -OCH3 is 1. The van der Waals surface area contributed by atoms with Crippen LogP contribution in [0.25, 0.3) is 0 Å². The van der Waals surface area contributed by atoms with Gasteiger partial charge < -0.3 is 9.84 Å². The first-order valence-electron chi connectivity index (χ1n) is 9.73. The van der Waals surface area contributed by atoms with Crippen LogP contribution in [-0.2, 0) is 9.53 Å². The second-order valence-corrected chi connectivity index (χ2v) is 7.01. The third kappa shape index (κ3) is 5.77. The molecule has 3 heteroatoms. The summed E-state index contributed by atoms with van der Waals surface area (Å²) in [5.74, 6) is -0.616. The summed E-state index contributed by atoms with van der Waals surface area (Å²) in [6.45, 7) is 4.96. The van der Waals surface area contributed by atoms with Gasteiger partial charge in [-0.3, -0.25) is 4.79 Å². The van der Waals surface area contributed by atoms with Crippen molar-refractivity contribution in [3.05, 3.63) is 23.8 Å². The normalized spacial score (nSPS) is 23.3. The molecule has 1 rings (SSSR count). The van der Waals surface area contributed by atoms with Crippen LogP contribution in [0.3, 0.4) is 0 Å². The Morgan fingerprint density at radius 1 is 1.17 bits per heavy atom. The highest BCUT2D eigenvalue weighted by Crippen LogP contribution is 2.45. The average molecular weight is 337 g/mol. The molecule has 0 radical (unpaired) electrons. The first-order chi connectivity index (χ1) is 11.6. The number of hydrogen-bond acceptors (Lipinski definition) is 2.